The zero-order chi connectivity index (χ0) is 73.8. The molecule has 0 spiro atoms. The molecule has 1 saturated heterocycles. The number of nitrogens with zero attached hydrogens (tertiary/aromatic N) is 3. The first-order valence-corrected chi connectivity index (χ1v) is 32.1. The fraction of sp³-hybridized carbons (Fsp3) is 0.724. The molecule has 1 aliphatic rings. The van der Waals surface area contributed by atoms with E-state index in [1.54, 1.807) is 27.7 Å². The lowest BCUT2D eigenvalue weighted by Gasteiger charge is -2.30. The fourth-order valence-corrected chi connectivity index (χ4v) is 9.87. The van der Waals surface area contributed by atoms with Crippen LogP contribution in [-0.2, 0) is 67.1 Å². The van der Waals surface area contributed by atoms with Gasteiger partial charge in [-0.2, -0.15) is 0 Å². The molecule has 13 atom stereocenters. The summed E-state index contributed by atoms with van der Waals surface area (Å²) in [5.74, 6) is -16.6. The molecular weight excluding hydrogens is 1280 g/mol. The zero-order valence-corrected chi connectivity index (χ0v) is 56.0. The van der Waals surface area contributed by atoms with Crippen molar-refractivity contribution in [1.29, 1.82) is 0 Å². The van der Waals surface area contributed by atoms with Gasteiger partial charge in [-0.15, -0.1) is 0 Å². The number of carboxylic acids is 2. The van der Waals surface area contributed by atoms with Crippen LogP contribution >= 0.6 is 0 Å². The summed E-state index contributed by atoms with van der Waals surface area (Å²) in [7, 11) is 0. The van der Waals surface area contributed by atoms with Crippen LogP contribution < -0.4 is 99.0 Å². The van der Waals surface area contributed by atoms with Crippen LogP contribution in [0.1, 0.15) is 138 Å². The fourth-order valence-electron chi connectivity index (χ4n) is 9.87. The Kier molecular flexibility index (Phi) is 39.5. The highest BCUT2D eigenvalue weighted by atomic mass is 16.4. The summed E-state index contributed by atoms with van der Waals surface area (Å²) < 4.78 is 0. The van der Waals surface area contributed by atoms with Crippen molar-refractivity contribution in [3.63, 3.8) is 0 Å². The number of primary amides is 1. The number of amides is 12. The Morgan fingerprint density at radius 1 is 0.495 bits per heavy atom. The van der Waals surface area contributed by atoms with E-state index in [1.165, 1.54) is 11.8 Å². The van der Waals surface area contributed by atoms with E-state index >= 15 is 0 Å². The van der Waals surface area contributed by atoms with Gasteiger partial charge in [0, 0.05) is 19.6 Å². The molecular formula is C58H105N21O18. The number of nitrogens with two attached hydrogens (primary N) is 8. The smallest absolute Gasteiger partial charge is 0.326 e. The third-order valence-electron chi connectivity index (χ3n) is 15.1. The second-order valence-electron chi connectivity index (χ2n) is 24.3. The number of aliphatic imine (C=N–C) groups is 2. The molecule has 0 aromatic rings. The number of hydrogen-bond donors (Lipinski definition) is 22. The number of aliphatic hydroxyl groups excluding tert-OH is 2. The first kappa shape index (κ1) is 85.9. The molecule has 0 radical (unpaired) electrons. The van der Waals surface area contributed by atoms with Crippen LogP contribution in [-0.4, -0.2) is 238 Å². The molecule has 97 heavy (non-hydrogen) atoms. The van der Waals surface area contributed by atoms with Crippen molar-refractivity contribution in [2.24, 2.45) is 67.7 Å². The van der Waals surface area contributed by atoms with Gasteiger partial charge in [0.1, 0.15) is 72.5 Å². The highest BCUT2D eigenvalue weighted by molar-refractivity contribution is 6.00. The van der Waals surface area contributed by atoms with Crippen LogP contribution in [0.5, 0.6) is 0 Å². The Morgan fingerprint density at radius 3 is 1.36 bits per heavy atom. The van der Waals surface area contributed by atoms with Gasteiger partial charge in [0.15, 0.2) is 11.9 Å². The number of hydrogen-bond acceptors (Lipinski definition) is 21. The number of carboxylic acid groups (broad SMARTS) is 2. The number of likely N-dealkylation sites (tertiary alicyclic amines) is 1. The number of aliphatic hydroxyl groups is 2. The zero-order valence-electron chi connectivity index (χ0n) is 56.0. The third-order valence-corrected chi connectivity index (χ3v) is 15.1. The summed E-state index contributed by atoms with van der Waals surface area (Å²) in [5.41, 5.74) is 44.3. The monoisotopic (exact) mass is 1380 g/mol. The van der Waals surface area contributed by atoms with Gasteiger partial charge < -0.3 is 124 Å². The number of aliphatic carboxylic acids is 2. The topological polar surface area (TPSA) is 676 Å². The predicted molar refractivity (Wildman–Crippen MR) is 350 cm³/mol. The number of unbranched alkanes of at least 4 members (excludes halogenated alkanes) is 2. The maximum atomic E-state index is 14.3. The summed E-state index contributed by atoms with van der Waals surface area (Å²) in [5, 5.41) is 64.1. The SMILES string of the molecule is CC(C)C[C@H](NC(=O)[C@H](CC(N)=O)NC(=O)[C@H](CCCN=C(N)N)NC(=O)[C@@H](N)CO)C(=O)N[C@H](C(=O)N[C@@H](CCCCN)C(=O)N[C@@H](CC(=O)O)C(=O)N[C@@H](CCCN=C(N)N)C(=O)N[C@@H](C)C(=O)N[C@@H](CCCCN)C(=O)N1CCC[C@H]1C(=O)N[C@H](C(=O)O)C(C)C)[C@@H](C)O. The van der Waals surface area contributed by atoms with Crippen LogP contribution in [0.3, 0.4) is 0 Å². The first-order valence-electron chi connectivity index (χ1n) is 32.1. The van der Waals surface area contributed by atoms with Crippen molar-refractivity contribution in [1.82, 2.24) is 58.1 Å². The average molecular weight is 1380 g/mol. The van der Waals surface area contributed by atoms with Crippen molar-refractivity contribution >= 4 is 94.7 Å². The van der Waals surface area contributed by atoms with Gasteiger partial charge in [-0.3, -0.25) is 72.3 Å². The van der Waals surface area contributed by atoms with Gasteiger partial charge in [-0.1, -0.05) is 27.7 Å². The van der Waals surface area contributed by atoms with Crippen LogP contribution in [0, 0.1) is 11.8 Å². The molecule has 39 heteroatoms. The van der Waals surface area contributed by atoms with Crippen molar-refractivity contribution < 1.29 is 87.5 Å². The van der Waals surface area contributed by atoms with E-state index < -0.39 is 193 Å². The Hall–Kier alpha value is -9.08. The minimum Gasteiger partial charge on any atom is -0.481 e. The molecule has 0 unspecified atom stereocenters. The van der Waals surface area contributed by atoms with Crippen LogP contribution in [0.4, 0.5) is 0 Å². The third kappa shape index (κ3) is 32.5. The van der Waals surface area contributed by atoms with Crippen molar-refractivity contribution in [3.8, 4) is 0 Å². The van der Waals surface area contributed by atoms with Crippen LogP contribution in [0.15, 0.2) is 9.98 Å². The van der Waals surface area contributed by atoms with E-state index in [4.69, 9.17) is 45.9 Å². The van der Waals surface area contributed by atoms with Crippen molar-refractivity contribution in [3.05, 3.63) is 0 Å². The Bertz CT molecular complexity index is 2730. The minimum atomic E-state index is -1.99. The first-order chi connectivity index (χ1) is 45.5. The molecule has 0 aliphatic carbocycles. The average Bonchev–Trinajstić information content (AvgIpc) is 1.76. The molecule has 0 aromatic heterocycles. The van der Waals surface area contributed by atoms with Gasteiger partial charge in [0.2, 0.25) is 70.9 Å². The molecule has 39 nitrogen and oxygen atoms in total. The summed E-state index contributed by atoms with van der Waals surface area (Å²) in [6.07, 6.45) is -2.64. The number of carbonyl (C=O) groups excluding carboxylic acids is 12. The van der Waals surface area contributed by atoms with Gasteiger partial charge in [0.05, 0.1) is 25.6 Å². The normalized spacial score (nSPS) is 16.4. The Labute approximate surface area is 562 Å². The largest absolute Gasteiger partial charge is 0.481 e. The lowest BCUT2D eigenvalue weighted by molar-refractivity contribution is -0.146. The van der Waals surface area contributed by atoms with Gasteiger partial charge >= 0.3 is 11.9 Å². The summed E-state index contributed by atoms with van der Waals surface area (Å²) in [4.78, 5) is 198. The van der Waals surface area contributed by atoms with Gasteiger partial charge in [-0.05, 0) is 122 Å². The number of nitrogens with one attached hydrogen (secondary N) is 10. The number of rotatable bonds is 47. The highest BCUT2D eigenvalue weighted by Gasteiger charge is 2.41. The lowest BCUT2D eigenvalue weighted by Crippen LogP contribution is -2.62. The summed E-state index contributed by atoms with van der Waals surface area (Å²) >= 11 is 0. The van der Waals surface area contributed by atoms with Gasteiger partial charge in [-0.25, -0.2) is 4.79 Å². The second-order valence-corrected chi connectivity index (χ2v) is 24.3. The Morgan fingerprint density at radius 2 is 0.918 bits per heavy atom. The molecule has 550 valence electrons. The van der Waals surface area contributed by atoms with E-state index in [0.29, 0.717) is 19.3 Å². The molecule has 1 fully saturated rings. The standard InChI is InChI=1S/C58H105N21O18/c1-28(2)24-37(74-50(90)38(25-41(62)82)75-49(89)35(17-12-22-68-58(65)66)70-46(86)32(61)27-80)52(92)78-44(31(6)81)54(94)72-33(14-7-9-19-59)48(88)76-39(26-42(83)84)51(91)71-34(16-11-21-67-57(63)64)47(87)69-30(5)45(85)73-36(15-8-10-20-60)55(95)79-23-13-18-40(79)53(93)77-43(29(3)4)56(96)97/h28-40,43-44,80-81H,7-27,59-61H2,1-6H3,(H2,62,82)(H,69,87)(H,70,86)(H,71,91)(H,72,94)(H,73,85)(H,74,90)(H,75,89)(H,76,88)(H,77,93)(H,78,92)(H,83,84)(H,96,97)(H4,63,64,67)(H4,65,66,68)/t30-,31+,32-,33-,34-,35-,36-,37-,38-,39-,40-,43-,44-/m0/s1. The van der Waals surface area contributed by atoms with Crippen molar-refractivity contribution in [2.45, 2.75) is 216 Å². The van der Waals surface area contributed by atoms with E-state index in [9.17, 15) is 87.5 Å². The van der Waals surface area contributed by atoms with E-state index in [-0.39, 0.29) is 109 Å². The summed E-state index contributed by atoms with van der Waals surface area (Å²) in [6, 6.07) is -18.5. The molecule has 1 heterocycles. The maximum Gasteiger partial charge on any atom is 0.326 e. The lowest BCUT2D eigenvalue weighted by atomic mass is 10.0. The number of carbonyl (C=O) groups is 14. The molecule has 1 aliphatic heterocycles. The van der Waals surface area contributed by atoms with Gasteiger partial charge in [0.25, 0.3) is 0 Å². The Balaban J connectivity index is 3.58. The van der Waals surface area contributed by atoms with E-state index in [0.717, 1.165) is 6.92 Å². The van der Waals surface area contributed by atoms with Crippen LogP contribution in [0.2, 0.25) is 0 Å². The molecule has 30 N–H and O–H groups in total. The minimum absolute atomic E-state index is 0.00651. The second kappa shape index (κ2) is 44.6. The molecule has 0 bridgehead atoms. The number of guanidine groups is 2. The summed E-state index contributed by atoms with van der Waals surface area (Å²) in [6.45, 7) is 8.40. The van der Waals surface area contributed by atoms with Crippen LogP contribution in [0.25, 0.3) is 0 Å². The molecule has 0 aromatic carbocycles. The molecule has 12 amide bonds. The van der Waals surface area contributed by atoms with E-state index in [1.807, 2.05) is 0 Å². The van der Waals surface area contributed by atoms with Crippen molar-refractivity contribution in [2.75, 3.05) is 39.3 Å². The quantitative estimate of drug-likeness (QED) is 0.0153. The maximum absolute atomic E-state index is 14.3. The molecule has 1 rings (SSSR count). The molecule has 0 saturated carbocycles. The van der Waals surface area contributed by atoms with E-state index in [2.05, 4.69) is 63.2 Å². The highest BCUT2D eigenvalue weighted by Crippen LogP contribution is 2.21. The predicted octanol–water partition coefficient (Wildman–Crippen LogP) is -8.95.